The second-order valence-electron chi connectivity index (χ2n) is 5.66. The second-order valence-corrected chi connectivity index (χ2v) is 6.52. The first-order chi connectivity index (χ1) is 9.52. The molecule has 3 rings (SSSR count). The van der Waals surface area contributed by atoms with Crippen LogP contribution in [0.4, 0.5) is 5.69 Å². The van der Waals surface area contributed by atoms with E-state index in [4.69, 9.17) is 0 Å². The van der Waals surface area contributed by atoms with Crippen LogP contribution in [0.3, 0.4) is 0 Å². The summed E-state index contributed by atoms with van der Waals surface area (Å²) in [6.07, 6.45) is 3.51. The van der Waals surface area contributed by atoms with Gasteiger partial charge in [0.15, 0.2) is 0 Å². The highest BCUT2D eigenvalue weighted by molar-refractivity contribution is 9.10. The van der Waals surface area contributed by atoms with Gasteiger partial charge in [-0.05, 0) is 43.5 Å². The first-order valence-electron chi connectivity index (χ1n) is 6.91. The second kappa shape index (κ2) is 4.88. The van der Waals surface area contributed by atoms with Crippen molar-refractivity contribution in [2.75, 3.05) is 11.4 Å². The lowest BCUT2D eigenvalue weighted by Crippen LogP contribution is -2.65. The Kier molecular flexibility index (Phi) is 3.32. The Bertz CT molecular complexity index is 579. The van der Waals surface area contributed by atoms with Crippen molar-refractivity contribution in [2.45, 2.75) is 38.1 Å². The average Bonchev–Trinajstić information content (AvgIpc) is 2.86. The lowest BCUT2D eigenvalue weighted by atomic mass is 9.92. The molecule has 4 nitrogen and oxygen atoms in total. The molecule has 1 aromatic carbocycles. The van der Waals surface area contributed by atoms with E-state index >= 15 is 0 Å². The smallest absolute Gasteiger partial charge is 0.253 e. The Hall–Kier alpha value is -1.36. The predicted molar refractivity (Wildman–Crippen MR) is 80.6 cm³/mol. The van der Waals surface area contributed by atoms with E-state index in [-0.39, 0.29) is 18.4 Å². The summed E-state index contributed by atoms with van der Waals surface area (Å²) in [5.74, 6) is -0.0246. The van der Waals surface area contributed by atoms with Gasteiger partial charge in [-0.15, -0.1) is 0 Å². The van der Waals surface area contributed by atoms with Crippen LogP contribution in [-0.4, -0.2) is 23.9 Å². The number of amides is 2. The van der Waals surface area contributed by atoms with Gasteiger partial charge in [0, 0.05) is 10.2 Å². The van der Waals surface area contributed by atoms with Gasteiger partial charge in [-0.1, -0.05) is 28.8 Å². The third-order valence-electron chi connectivity index (χ3n) is 4.25. The van der Waals surface area contributed by atoms with Crippen molar-refractivity contribution in [1.29, 1.82) is 0 Å². The topological polar surface area (TPSA) is 49.4 Å². The van der Waals surface area contributed by atoms with Crippen LogP contribution in [-0.2, 0) is 9.59 Å². The van der Waals surface area contributed by atoms with Gasteiger partial charge in [-0.2, -0.15) is 0 Å². The van der Waals surface area contributed by atoms with E-state index in [0.29, 0.717) is 0 Å². The first kappa shape index (κ1) is 13.6. The highest BCUT2D eigenvalue weighted by Gasteiger charge is 2.48. The Morgan fingerprint density at radius 1 is 1.25 bits per heavy atom. The summed E-state index contributed by atoms with van der Waals surface area (Å²) in [7, 11) is 0. The number of carbonyl (C=O) groups is 2. The third-order valence-corrected chi connectivity index (χ3v) is 5.14. The molecule has 0 bridgehead atoms. The summed E-state index contributed by atoms with van der Waals surface area (Å²) in [5.41, 5.74) is 1.20. The molecular formula is C15H17BrN2O2. The number of hydrogen-bond donors (Lipinski definition) is 1. The van der Waals surface area contributed by atoms with E-state index < -0.39 is 5.54 Å². The van der Waals surface area contributed by atoms with Crippen LogP contribution >= 0.6 is 15.9 Å². The highest BCUT2D eigenvalue weighted by atomic mass is 79.9. The summed E-state index contributed by atoms with van der Waals surface area (Å²) in [6.45, 7) is 2.09. The number of carbonyl (C=O) groups excluding carboxylic acids is 2. The minimum absolute atomic E-state index is 0.0383. The lowest BCUT2D eigenvalue weighted by molar-refractivity contribution is -0.135. The van der Waals surface area contributed by atoms with Crippen molar-refractivity contribution in [3.8, 4) is 0 Å². The van der Waals surface area contributed by atoms with Crippen LogP contribution in [0, 0.1) is 6.92 Å². The summed E-state index contributed by atoms with van der Waals surface area (Å²) < 4.78 is 1.01. The van der Waals surface area contributed by atoms with Crippen LogP contribution in [0.5, 0.6) is 0 Å². The average molecular weight is 337 g/mol. The molecule has 106 valence electrons. The van der Waals surface area contributed by atoms with Gasteiger partial charge in [0.1, 0.15) is 12.1 Å². The van der Waals surface area contributed by atoms with Crippen LogP contribution in [0.2, 0.25) is 0 Å². The number of aryl methyl sites for hydroxylation is 1. The van der Waals surface area contributed by atoms with E-state index in [1.807, 2.05) is 25.1 Å². The number of anilines is 1. The van der Waals surface area contributed by atoms with Crippen molar-refractivity contribution >= 4 is 33.4 Å². The fourth-order valence-corrected chi connectivity index (χ4v) is 3.40. The molecule has 1 saturated heterocycles. The van der Waals surface area contributed by atoms with Crippen molar-refractivity contribution in [1.82, 2.24) is 5.32 Å². The molecule has 1 aromatic rings. The van der Waals surface area contributed by atoms with Gasteiger partial charge in [-0.3, -0.25) is 9.59 Å². The van der Waals surface area contributed by atoms with Crippen molar-refractivity contribution in [2.24, 2.45) is 0 Å². The molecule has 1 spiro atoms. The number of rotatable bonds is 1. The maximum Gasteiger partial charge on any atom is 0.253 e. The monoisotopic (exact) mass is 336 g/mol. The number of halogens is 1. The molecule has 20 heavy (non-hydrogen) atoms. The van der Waals surface area contributed by atoms with E-state index in [1.54, 1.807) is 4.90 Å². The van der Waals surface area contributed by atoms with Crippen molar-refractivity contribution in [3.05, 3.63) is 28.2 Å². The van der Waals surface area contributed by atoms with Crippen molar-refractivity contribution < 1.29 is 9.59 Å². The van der Waals surface area contributed by atoms with Gasteiger partial charge in [0.25, 0.3) is 5.91 Å². The molecule has 0 unspecified atom stereocenters. The summed E-state index contributed by atoms with van der Waals surface area (Å²) >= 11 is 3.46. The van der Waals surface area contributed by atoms with Gasteiger partial charge >= 0.3 is 0 Å². The zero-order valence-corrected chi connectivity index (χ0v) is 13.0. The molecule has 1 aliphatic heterocycles. The Morgan fingerprint density at radius 3 is 2.60 bits per heavy atom. The molecule has 1 aliphatic carbocycles. The first-order valence-corrected chi connectivity index (χ1v) is 7.70. The zero-order valence-electron chi connectivity index (χ0n) is 11.4. The fourth-order valence-electron chi connectivity index (χ4n) is 3.16. The largest absolute Gasteiger partial charge is 0.340 e. The maximum absolute atomic E-state index is 12.8. The van der Waals surface area contributed by atoms with Gasteiger partial charge in [0.05, 0.1) is 0 Å². The molecule has 2 amide bonds. The molecule has 1 N–H and O–H groups in total. The SMILES string of the molecule is Cc1cc(N2CC(=O)NC3(CCCC3)C2=O)ccc1Br. The van der Waals surface area contributed by atoms with Gasteiger partial charge in [-0.25, -0.2) is 0 Å². The van der Waals surface area contributed by atoms with Crippen LogP contribution < -0.4 is 10.2 Å². The standard InChI is InChI=1S/C15H17BrN2O2/c1-10-8-11(4-5-12(10)16)18-9-13(19)17-15(14(18)20)6-2-3-7-15/h4-5,8H,2-3,6-7,9H2,1H3,(H,17,19). The van der Waals surface area contributed by atoms with E-state index in [9.17, 15) is 9.59 Å². The van der Waals surface area contributed by atoms with Crippen LogP contribution in [0.25, 0.3) is 0 Å². The minimum Gasteiger partial charge on any atom is -0.340 e. The molecule has 0 atom stereocenters. The van der Waals surface area contributed by atoms with E-state index in [2.05, 4.69) is 21.2 Å². The molecule has 2 aliphatic rings. The maximum atomic E-state index is 12.8. The Morgan fingerprint density at radius 2 is 1.95 bits per heavy atom. The molecule has 0 aromatic heterocycles. The fraction of sp³-hybridized carbons (Fsp3) is 0.467. The number of nitrogens with zero attached hydrogens (tertiary/aromatic N) is 1. The quantitative estimate of drug-likeness (QED) is 0.856. The zero-order chi connectivity index (χ0) is 14.3. The molecule has 1 saturated carbocycles. The third kappa shape index (κ3) is 2.14. The number of benzene rings is 1. The normalized spacial score (nSPS) is 21.4. The summed E-state index contributed by atoms with van der Waals surface area (Å²) in [4.78, 5) is 26.4. The van der Waals surface area contributed by atoms with E-state index in [0.717, 1.165) is 41.4 Å². The van der Waals surface area contributed by atoms with Crippen LogP contribution in [0.1, 0.15) is 31.2 Å². The highest BCUT2D eigenvalue weighted by Crippen LogP contribution is 2.35. The lowest BCUT2D eigenvalue weighted by Gasteiger charge is -2.39. The number of piperazine rings is 1. The summed E-state index contributed by atoms with van der Waals surface area (Å²) in [6, 6.07) is 5.76. The predicted octanol–water partition coefficient (Wildman–Crippen LogP) is 2.53. The number of nitrogens with one attached hydrogen (secondary N) is 1. The number of hydrogen-bond acceptors (Lipinski definition) is 2. The minimum atomic E-state index is -0.656. The Balaban J connectivity index is 1.97. The molecular weight excluding hydrogens is 320 g/mol. The molecule has 2 fully saturated rings. The van der Waals surface area contributed by atoms with Gasteiger partial charge in [0.2, 0.25) is 5.91 Å². The van der Waals surface area contributed by atoms with E-state index in [1.165, 1.54) is 0 Å². The molecule has 1 heterocycles. The van der Waals surface area contributed by atoms with Gasteiger partial charge < -0.3 is 10.2 Å². The summed E-state index contributed by atoms with van der Waals surface area (Å²) in [5, 5.41) is 2.93. The van der Waals surface area contributed by atoms with Crippen molar-refractivity contribution in [3.63, 3.8) is 0 Å². The molecule has 5 heteroatoms. The molecule has 0 radical (unpaired) electrons. The Labute approximate surface area is 126 Å². The van der Waals surface area contributed by atoms with Crippen LogP contribution in [0.15, 0.2) is 22.7 Å².